The minimum Gasteiger partial charge on any atom is -0.508 e. The van der Waals surface area contributed by atoms with Gasteiger partial charge in [-0.1, -0.05) is 23.7 Å². The Bertz CT molecular complexity index is 553. The SMILES string of the molecule is CC(N)c1cc(Cl)ccc1OCc1ccc(O)cc1. The Hall–Kier alpha value is -1.71. The van der Waals surface area contributed by atoms with Gasteiger partial charge in [-0.15, -0.1) is 0 Å². The van der Waals surface area contributed by atoms with Crippen molar-refractivity contribution in [3.05, 3.63) is 58.6 Å². The van der Waals surface area contributed by atoms with Crippen molar-refractivity contribution in [2.24, 2.45) is 5.73 Å². The molecule has 0 amide bonds. The number of benzene rings is 2. The summed E-state index contributed by atoms with van der Waals surface area (Å²) in [6, 6.07) is 12.2. The van der Waals surface area contributed by atoms with Crippen LogP contribution >= 0.6 is 11.6 Å². The number of nitrogens with two attached hydrogens (primary N) is 1. The van der Waals surface area contributed by atoms with Crippen LogP contribution in [0, 0.1) is 0 Å². The third kappa shape index (κ3) is 3.63. The van der Waals surface area contributed by atoms with Gasteiger partial charge in [0.1, 0.15) is 18.1 Å². The lowest BCUT2D eigenvalue weighted by molar-refractivity contribution is 0.301. The van der Waals surface area contributed by atoms with Crippen molar-refractivity contribution in [1.29, 1.82) is 0 Å². The van der Waals surface area contributed by atoms with Crippen molar-refractivity contribution in [1.82, 2.24) is 0 Å². The number of rotatable bonds is 4. The molecular formula is C15H16ClNO2. The fourth-order valence-electron chi connectivity index (χ4n) is 1.76. The molecule has 3 N–H and O–H groups in total. The average Bonchev–Trinajstić information content (AvgIpc) is 2.39. The number of phenols is 1. The molecule has 2 aromatic carbocycles. The van der Waals surface area contributed by atoms with Crippen LogP contribution in [0.5, 0.6) is 11.5 Å². The smallest absolute Gasteiger partial charge is 0.124 e. The topological polar surface area (TPSA) is 55.5 Å². The van der Waals surface area contributed by atoms with Gasteiger partial charge in [-0.05, 0) is 42.8 Å². The van der Waals surface area contributed by atoms with Crippen molar-refractivity contribution in [3.63, 3.8) is 0 Å². The normalized spacial score (nSPS) is 12.2. The fourth-order valence-corrected chi connectivity index (χ4v) is 1.94. The Morgan fingerprint density at radius 1 is 1.21 bits per heavy atom. The lowest BCUT2D eigenvalue weighted by Gasteiger charge is -2.14. The molecule has 0 saturated heterocycles. The van der Waals surface area contributed by atoms with E-state index >= 15 is 0 Å². The van der Waals surface area contributed by atoms with Gasteiger partial charge in [0.25, 0.3) is 0 Å². The van der Waals surface area contributed by atoms with Crippen LogP contribution in [0.15, 0.2) is 42.5 Å². The number of halogens is 1. The summed E-state index contributed by atoms with van der Waals surface area (Å²) in [6.07, 6.45) is 0. The van der Waals surface area contributed by atoms with E-state index in [1.807, 2.05) is 31.2 Å². The Labute approximate surface area is 117 Å². The van der Waals surface area contributed by atoms with Gasteiger partial charge in [0.05, 0.1) is 0 Å². The summed E-state index contributed by atoms with van der Waals surface area (Å²) >= 11 is 5.96. The van der Waals surface area contributed by atoms with Gasteiger partial charge in [-0.3, -0.25) is 0 Å². The molecule has 2 aromatic rings. The van der Waals surface area contributed by atoms with Gasteiger partial charge in [0, 0.05) is 16.6 Å². The van der Waals surface area contributed by atoms with Gasteiger partial charge < -0.3 is 15.6 Å². The third-order valence-corrected chi connectivity index (χ3v) is 3.03. The second-order valence-electron chi connectivity index (χ2n) is 4.43. The van der Waals surface area contributed by atoms with Crippen LogP contribution in [-0.4, -0.2) is 5.11 Å². The maximum Gasteiger partial charge on any atom is 0.124 e. The molecular weight excluding hydrogens is 262 g/mol. The molecule has 0 saturated carbocycles. The van der Waals surface area contributed by atoms with Crippen LogP contribution < -0.4 is 10.5 Å². The highest BCUT2D eigenvalue weighted by Crippen LogP contribution is 2.28. The number of ether oxygens (including phenoxy) is 1. The lowest BCUT2D eigenvalue weighted by atomic mass is 10.1. The van der Waals surface area contributed by atoms with E-state index in [-0.39, 0.29) is 11.8 Å². The standard InChI is InChI=1S/C15H16ClNO2/c1-10(17)14-8-12(16)4-7-15(14)19-9-11-2-5-13(18)6-3-11/h2-8,10,18H,9,17H2,1H3. The molecule has 100 valence electrons. The molecule has 2 rings (SSSR count). The van der Waals surface area contributed by atoms with Crippen molar-refractivity contribution < 1.29 is 9.84 Å². The first-order valence-corrected chi connectivity index (χ1v) is 6.40. The summed E-state index contributed by atoms with van der Waals surface area (Å²) < 4.78 is 5.76. The highest BCUT2D eigenvalue weighted by molar-refractivity contribution is 6.30. The largest absolute Gasteiger partial charge is 0.508 e. The molecule has 1 unspecified atom stereocenters. The quantitative estimate of drug-likeness (QED) is 0.897. The molecule has 1 atom stereocenters. The summed E-state index contributed by atoms with van der Waals surface area (Å²) in [6.45, 7) is 2.31. The summed E-state index contributed by atoms with van der Waals surface area (Å²) in [7, 11) is 0. The zero-order chi connectivity index (χ0) is 13.8. The predicted octanol–water partition coefficient (Wildman–Crippen LogP) is 3.64. The number of hydrogen-bond acceptors (Lipinski definition) is 3. The first kappa shape index (κ1) is 13.7. The molecule has 0 aromatic heterocycles. The first-order valence-electron chi connectivity index (χ1n) is 6.02. The highest BCUT2D eigenvalue weighted by atomic mass is 35.5. The number of aromatic hydroxyl groups is 1. The van der Waals surface area contributed by atoms with E-state index in [0.717, 1.165) is 16.9 Å². The summed E-state index contributed by atoms with van der Waals surface area (Å²) in [5, 5.41) is 9.86. The second kappa shape index (κ2) is 5.95. The van der Waals surface area contributed by atoms with E-state index in [2.05, 4.69) is 0 Å². The zero-order valence-corrected chi connectivity index (χ0v) is 11.4. The maximum atomic E-state index is 9.22. The molecule has 0 heterocycles. The molecule has 0 spiro atoms. The Balaban J connectivity index is 2.13. The van der Waals surface area contributed by atoms with Crippen LogP contribution in [-0.2, 0) is 6.61 Å². The van der Waals surface area contributed by atoms with E-state index in [9.17, 15) is 5.11 Å². The van der Waals surface area contributed by atoms with Crippen LogP contribution in [0.3, 0.4) is 0 Å². The monoisotopic (exact) mass is 277 g/mol. The minimum atomic E-state index is -0.145. The van der Waals surface area contributed by atoms with Crippen LogP contribution in [0.25, 0.3) is 0 Å². The molecule has 4 heteroatoms. The minimum absolute atomic E-state index is 0.145. The lowest BCUT2D eigenvalue weighted by Crippen LogP contribution is -2.08. The van der Waals surface area contributed by atoms with E-state index in [1.54, 1.807) is 18.2 Å². The van der Waals surface area contributed by atoms with E-state index in [0.29, 0.717) is 11.6 Å². The van der Waals surface area contributed by atoms with Gasteiger partial charge >= 0.3 is 0 Å². The van der Waals surface area contributed by atoms with Crippen LogP contribution in [0.1, 0.15) is 24.1 Å². The zero-order valence-electron chi connectivity index (χ0n) is 10.6. The van der Waals surface area contributed by atoms with Gasteiger partial charge in [-0.25, -0.2) is 0 Å². The Morgan fingerprint density at radius 2 is 1.89 bits per heavy atom. The number of hydrogen-bond donors (Lipinski definition) is 2. The van der Waals surface area contributed by atoms with E-state index < -0.39 is 0 Å². The molecule has 0 bridgehead atoms. The maximum absolute atomic E-state index is 9.22. The van der Waals surface area contributed by atoms with Crippen LogP contribution in [0.2, 0.25) is 5.02 Å². The highest BCUT2D eigenvalue weighted by Gasteiger charge is 2.09. The summed E-state index contributed by atoms with van der Waals surface area (Å²) in [4.78, 5) is 0. The summed E-state index contributed by atoms with van der Waals surface area (Å²) in [5.41, 5.74) is 7.76. The Morgan fingerprint density at radius 3 is 2.53 bits per heavy atom. The van der Waals surface area contributed by atoms with Crippen LogP contribution in [0.4, 0.5) is 0 Å². The molecule has 0 aliphatic heterocycles. The fraction of sp³-hybridized carbons (Fsp3) is 0.200. The molecule has 19 heavy (non-hydrogen) atoms. The van der Waals surface area contributed by atoms with E-state index in [4.69, 9.17) is 22.1 Å². The third-order valence-electron chi connectivity index (χ3n) is 2.79. The number of phenolic OH excluding ortho intramolecular Hbond substituents is 1. The molecule has 0 radical (unpaired) electrons. The molecule has 0 fully saturated rings. The molecule has 3 nitrogen and oxygen atoms in total. The first-order chi connectivity index (χ1) is 9.06. The average molecular weight is 278 g/mol. The van der Waals surface area contributed by atoms with Crippen molar-refractivity contribution in [2.45, 2.75) is 19.6 Å². The van der Waals surface area contributed by atoms with Gasteiger partial charge in [-0.2, -0.15) is 0 Å². The Kier molecular flexibility index (Phi) is 4.30. The summed E-state index contributed by atoms with van der Waals surface area (Å²) in [5.74, 6) is 0.971. The van der Waals surface area contributed by atoms with Crippen molar-refractivity contribution in [3.8, 4) is 11.5 Å². The van der Waals surface area contributed by atoms with Gasteiger partial charge in [0.15, 0.2) is 0 Å². The second-order valence-corrected chi connectivity index (χ2v) is 4.86. The van der Waals surface area contributed by atoms with Crippen molar-refractivity contribution >= 4 is 11.6 Å². The predicted molar refractivity (Wildman–Crippen MR) is 76.5 cm³/mol. The molecule has 0 aliphatic carbocycles. The molecule has 0 aliphatic rings. The van der Waals surface area contributed by atoms with Gasteiger partial charge in [0.2, 0.25) is 0 Å². The van der Waals surface area contributed by atoms with Crippen molar-refractivity contribution in [2.75, 3.05) is 0 Å². The van der Waals surface area contributed by atoms with E-state index in [1.165, 1.54) is 0 Å².